The van der Waals surface area contributed by atoms with E-state index in [1.165, 1.54) is 40.1 Å². The Morgan fingerprint density at radius 1 is 1.02 bits per heavy atom. The smallest absolute Gasteiger partial charge is 0.302 e. The molecule has 0 aliphatic carbocycles. The van der Waals surface area contributed by atoms with Crippen molar-refractivity contribution < 1.29 is 32.3 Å². The molecule has 0 N–H and O–H groups in total. The Balaban J connectivity index is 1.74. The third-order valence-corrected chi connectivity index (χ3v) is 8.62. The number of nitrogens with zero attached hydrogens (tertiary/aromatic N) is 5. The first kappa shape index (κ1) is 32.0. The number of aromatic nitrogens is 2. The van der Waals surface area contributed by atoms with Gasteiger partial charge < -0.3 is 9.47 Å². The third kappa shape index (κ3) is 6.84. The van der Waals surface area contributed by atoms with Crippen LogP contribution in [0.2, 0.25) is 0 Å². The first-order valence-electron chi connectivity index (χ1n) is 13.5. The summed E-state index contributed by atoms with van der Waals surface area (Å²) in [4.78, 5) is 38.6. The predicted octanol–water partition coefficient (Wildman–Crippen LogP) is 2.96. The summed E-state index contributed by atoms with van der Waals surface area (Å²) in [5.41, 5.74) is 2.46. The molecule has 44 heavy (non-hydrogen) atoms. The van der Waals surface area contributed by atoms with E-state index >= 15 is 0 Å². The molecule has 4 rings (SSSR count). The van der Waals surface area contributed by atoms with Gasteiger partial charge in [-0.1, -0.05) is 30.3 Å². The molecule has 1 aliphatic heterocycles. The van der Waals surface area contributed by atoms with Crippen LogP contribution in [-0.2, 0) is 33.9 Å². The molecule has 0 saturated carbocycles. The number of rotatable bonds is 11. The number of esters is 1. The molecule has 0 unspecified atom stereocenters. The lowest BCUT2D eigenvalue weighted by Crippen LogP contribution is -2.44. The lowest BCUT2D eigenvalue weighted by molar-refractivity contribution is -0.142. The Kier molecular flexibility index (Phi) is 9.90. The minimum Gasteiger partial charge on any atom is -0.463 e. The van der Waals surface area contributed by atoms with E-state index in [-0.39, 0.29) is 48.0 Å². The second kappa shape index (κ2) is 13.6. The molecule has 0 saturated heterocycles. The second-order valence-corrected chi connectivity index (χ2v) is 12.1. The maximum absolute atomic E-state index is 13.6. The zero-order chi connectivity index (χ0) is 32.0. The van der Waals surface area contributed by atoms with E-state index in [0.29, 0.717) is 16.8 Å². The first-order valence-corrected chi connectivity index (χ1v) is 15.0. The summed E-state index contributed by atoms with van der Waals surface area (Å²) in [6, 6.07) is 17.4. The summed E-state index contributed by atoms with van der Waals surface area (Å²) in [5, 5.41) is 14.5. The van der Waals surface area contributed by atoms with Crippen LogP contribution in [0.4, 0.5) is 0 Å². The predicted molar refractivity (Wildman–Crippen MR) is 160 cm³/mol. The molecule has 1 aliphatic rings. The number of ether oxygens (including phenoxy) is 2. The Labute approximate surface area is 255 Å². The molecule has 3 aromatic rings. The molecule has 2 aromatic carbocycles. The van der Waals surface area contributed by atoms with E-state index in [1.54, 1.807) is 29.1 Å². The molecule has 2 heterocycles. The molecule has 12 nitrogen and oxygen atoms in total. The first-order chi connectivity index (χ1) is 20.9. The van der Waals surface area contributed by atoms with Crippen LogP contribution in [0.1, 0.15) is 19.4 Å². The number of amides is 2. The van der Waals surface area contributed by atoms with Gasteiger partial charge in [0, 0.05) is 43.9 Å². The molecule has 1 aromatic heterocycles. The fourth-order valence-electron chi connectivity index (χ4n) is 4.42. The Hall–Kier alpha value is -4.90. The summed E-state index contributed by atoms with van der Waals surface area (Å²) < 4.78 is 38.2. The van der Waals surface area contributed by atoms with Gasteiger partial charge in [0.1, 0.15) is 18.2 Å². The largest absolute Gasteiger partial charge is 0.463 e. The Morgan fingerprint density at radius 3 is 2.32 bits per heavy atom. The average molecular weight is 618 g/mol. The number of sulfonamides is 1. The van der Waals surface area contributed by atoms with Gasteiger partial charge in [0.05, 0.1) is 36.0 Å². The van der Waals surface area contributed by atoms with Crippen molar-refractivity contribution in [2.75, 3.05) is 40.5 Å². The number of carbonyl (C=O) groups is 3. The SMILES string of the molecule is CC(=O)OCCOCCN1C(=O)C(C#N)=C(C)/C(=C\c2cn(-c3ccccc3)nc2-c2ccc(S(=O)(=O)N(C)C)cc2)C1=O. The molecule has 0 radical (unpaired) electrons. The van der Waals surface area contributed by atoms with Gasteiger partial charge in [0.15, 0.2) is 0 Å². The molecule has 0 bridgehead atoms. The number of nitriles is 1. The lowest BCUT2D eigenvalue weighted by atomic mass is 9.93. The quantitative estimate of drug-likeness (QED) is 0.137. The van der Waals surface area contributed by atoms with Crippen molar-refractivity contribution in [1.82, 2.24) is 19.0 Å². The van der Waals surface area contributed by atoms with Crippen LogP contribution in [-0.4, -0.2) is 85.6 Å². The van der Waals surface area contributed by atoms with Crippen LogP contribution in [0.3, 0.4) is 0 Å². The van der Waals surface area contributed by atoms with E-state index in [0.717, 1.165) is 14.9 Å². The zero-order valence-corrected chi connectivity index (χ0v) is 25.5. The number of carbonyl (C=O) groups excluding carboxylic acids is 3. The van der Waals surface area contributed by atoms with Crippen molar-refractivity contribution in [3.05, 3.63) is 83.1 Å². The number of imide groups is 1. The molecular formula is C31H31N5O7S. The van der Waals surface area contributed by atoms with Crippen molar-refractivity contribution in [3.63, 3.8) is 0 Å². The van der Waals surface area contributed by atoms with Crippen LogP contribution in [0.25, 0.3) is 23.0 Å². The zero-order valence-electron chi connectivity index (χ0n) is 24.7. The van der Waals surface area contributed by atoms with Gasteiger partial charge in [0.2, 0.25) is 10.0 Å². The number of benzene rings is 2. The van der Waals surface area contributed by atoms with Crippen LogP contribution in [0, 0.1) is 11.3 Å². The van der Waals surface area contributed by atoms with Crippen molar-refractivity contribution >= 4 is 33.9 Å². The van der Waals surface area contributed by atoms with Crippen molar-refractivity contribution in [3.8, 4) is 23.0 Å². The molecule has 0 atom stereocenters. The standard InChI is InChI=1S/C31H31N5O7S/c1-21-27(30(38)35(31(39)28(21)19-32)14-15-42-16-17-43-22(2)37)18-24-20-36(25-8-6-5-7-9-25)33-29(24)23-10-12-26(13-11-23)44(40,41)34(3)4/h5-13,18,20H,14-17H2,1-4H3/b27-18+. The Bertz CT molecular complexity index is 1780. The van der Waals surface area contributed by atoms with Gasteiger partial charge in [-0.2, -0.15) is 10.4 Å². The maximum Gasteiger partial charge on any atom is 0.302 e. The summed E-state index contributed by atoms with van der Waals surface area (Å²) in [6.07, 6.45) is 3.29. The molecular weight excluding hydrogens is 586 g/mol. The van der Waals surface area contributed by atoms with E-state index < -0.39 is 27.8 Å². The highest BCUT2D eigenvalue weighted by Gasteiger charge is 2.35. The fourth-order valence-corrected chi connectivity index (χ4v) is 5.32. The fraction of sp³-hybridized carbons (Fsp3) is 0.258. The van der Waals surface area contributed by atoms with Crippen molar-refractivity contribution in [1.29, 1.82) is 5.26 Å². The summed E-state index contributed by atoms with van der Waals surface area (Å²) in [6.45, 7) is 2.77. The topological polar surface area (TPSA) is 152 Å². The van der Waals surface area contributed by atoms with Gasteiger partial charge in [-0.15, -0.1) is 0 Å². The highest BCUT2D eigenvalue weighted by molar-refractivity contribution is 7.89. The van der Waals surface area contributed by atoms with E-state index in [4.69, 9.17) is 14.6 Å². The molecule has 0 fully saturated rings. The van der Waals surface area contributed by atoms with Crippen molar-refractivity contribution in [2.45, 2.75) is 18.7 Å². The monoisotopic (exact) mass is 617 g/mol. The van der Waals surface area contributed by atoms with Gasteiger partial charge in [0.25, 0.3) is 11.8 Å². The number of hydrogen-bond donors (Lipinski definition) is 0. The van der Waals surface area contributed by atoms with Crippen molar-refractivity contribution in [2.24, 2.45) is 0 Å². The minimum absolute atomic E-state index is 0.0246. The van der Waals surface area contributed by atoms with Gasteiger partial charge in [-0.05, 0) is 42.8 Å². The van der Waals surface area contributed by atoms with Crippen LogP contribution in [0.5, 0.6) is 0 Å². The number of para-hydroxylation sites is 1. The second-order valence-electron chi connectivity index (χ2n) is 9.91. The van der Waals surface area contributed by atoms with E-state index in [9.17, 15) is 28.1 Å². The molecule has 2 amide bonds. The maximum atomic E-state index is 13.6. The van der Waals surface area contributed by atoms with Gasteiger partial charge >= 0.3 is 5.97 Å². The van der Waals surface area contributed by atoms with Crippen LogP contribution in [0.15, 0.2) is 82.4 Å². The normalized spacial score (nSPS) is 14.8. The minimum atomic E-state index is -3.65. The van der Waals surface area contributed by atoms with Crippen LogP contribution >= 0.6 is 0 Å². The highest BCUT2D eigenvalue weighted by Crippen LogP contribution is 2.31. The number of hydrogen-bond acceptors (Lipinski definition) is 9. The lowest BCUT2D eigenvalue weighted by Gasteiger charge is -2.27. The summed E-state index contributed by atoms with van der Waals surface area (Å²) in [5.74, 6) is -1.79. The summed E-state index contributed by atoms with van der Waals surface area (Å²) in [7, 11) is -0.755. The average Bonchev–Trinajstić information content (AvgIpc) is 3.43. The third-order valence-electron chi connectivity index (χ3n) is 6.79. The van der Waals surface area contributed by atoms with E-state index in [1.807, 2.05) is 36.4 Å². The van der Waals surface area contributed by atoms with Gasteiger partial charge in [-0.25, -0.2) is 17.4 Å². The molecule has 228 valence electrons. The molecule has 0 spiro atoms. The molecule has 13 heteroatoms. The van der Waals surface area contributed by atoms with Crippen LogP contribution < -0.4 is 0 Å². The summed E-state index contributed by atoms with van der Waals surface area (Å²) >= 11 is 0. The highest BCUT2D eigenvalue weighted by atomic mass is 32.2. The van der Waals surface area contributed by atoms with Gasteiger partial charge in [-0.3, -0.25) is 19.3 Å². The van der Waals surface area contributed by atoms with E-state index in [2.05, 4.69) is 0 Å². The Morgan fingerprint density at radius 2 is 1.70 bits per heavy atom.